The standard InChI is InChI=1S/C17H18FN3O3/c1-10-13(9-19-21(10)15-5-3-2-4-14(15)18)16(22)20-12-7-6-11(8-12)17(23)24/h2-5,9,11-12H,6-8H2,1H3,(H,20,22)(H,23,24)/t11-,12-/m1/s1. The largest absolute Gasteiger partial charge is 0.481 e. The lowest BCUT2D eigenvalue weighted by molar-refractivity contribution is -0.141. The Morgan fingerprint density at radius 3 is 2.75 bits per heavy atom. The van der Waals surface area contributed by atoms with E-state index in [-0.39, 0.29) is 17.6 Å². The van der Waals surface area contributed by atoms with Gasteiger partial charge in [0.1, 0.15) is 11.5 Å². The maximum Gasteiger partial charge on any atom is 0.306 e. The van der Waals surface area contributed by atoms with Gasteiger partial charge in [0, 0.05) is 6.04 Å². The number of hydrogen-bond acceptors (Lipinski definition) is 3. The monoisotopic (exact) mass is 331 g/mol. The number of hydrogen-bond donors (Lipinski definition) is 2. The Hall–Kier alpha value is -2.70. The molecule has 0 bridgehead atoms. The SMILES string of the molecule is Cc1c(C(=O)N[C@@H]2CC[C@@H](C(=O)O)C2)cnn1-c1ccccc1F. The van der Waals surface area contributed by atoms with E-state index in [2.05, 4.69) is 10.4 Å². The Morgan fingerprint density at radius 1 is 1.33 bits per heavy atom. The number of nitrogens with zero attached hydrogens (tertiary/aromatic N) is 2. The fourth-order valence-corrected chi connectivity index (χ4v) is 3.10. The van der Waals surface area contributed by atoms with Gasteiger partial charge in [0.25, 0.3) is 5.91 Å². The normalized spacial score (nSPS) is 20.1. The molecule has 1 aromatic heterocycles. The highest BCUT2D eigenvalue weighted by Gasteiger charge is 2.31. The van der Waals surface area contributed by atoms with E-state index < -0.39 is 17.7 Å². The van der Waals surface area contributed by atoms with Gasteiger partial charge in [0.05, 0.1) is 23.4 Å². The predicted molar refractivity (Wildman–Crippen MR) is 84.5 cm³/mol. The summed E-state index contributed by atoms with van der Waals surface area (Å²) in [6.45, 7) is 1.70. The number of carbonyl (C=O) groups excluding carboxylic acids is 1. The van der Waals surface area contributed by atoms with Crippen LogP contribution in [0.1, 0.15) is 35.3 Å². The molecule has 1 aliphatic carbocycles. The van der Waals surface area contributed by atoms with Gasteiger partial charge >= 0.3 is 5.97 Å². The van der Waals surface area contributed by atoms with Crippen LogP contribution in [0.25, 0.3) is 5.69 Å². The van der Waals surface area contributed by atoms with Crippen molar-refractivity contribution >= 4 is 11.9 Å². The summed E-state index contributed by atoms with van der Waals surface area (Å²) in [6, 6.07) is 6.05. The van der Waals surface area contributed by atoms with Crippen LogP contribution in [0.15, 0.2) is 30.5 Å². The Labute approximate surface area is 138 Å². The molecule has 2 aromatic rings. The van der Waals surface area contributed by atoms with Crippen LogP contribution in [0.5, 0.6) is 0 Å². The van der Waals surface area contributed by atoms with E-state index in [1.807, 2.05) is 0 Å². The predicted octanol–water partition coefficient (Wildman–Crippen LogP) is 2.30. The Morgan fingerprint density at radius 2 is 2.08 bits per heavy atom. The number of carboxylic acids is 1. The number of para-hydroxylation sites is 1. The Bertz CT molecular complexity index is 787. The zero-order valence-electron chi connectivity index (χ0n) is 13.2. The molecule has 1 fully saturated rings. The topological polar surface area (TPSA) is 84.2 Å². The van der Waals surface area contributed by atoms with Crippen LogP contribution in [0.4, 0.5) is 4.39 Å². The minimum absolute atomic E-state index is 0.158. The molecule has 0 radical (unpaired) electrons. The van der Waals surface area contributed by atoms with E-state index in [1.165, 1.54) is 16.9 Å². The van der Waals surface area contributed by atoms with Crippen LogP contribution in [0.2, 0.25) is 0 Å². The summed E-state index contributed by atoms with van der Waals surface area (Å²) in [5, 5.41) is 16.0. The third-order valence-electron chi connectivity index (χ3n) is 4.45. The van der Waals surface area contributed by atoms with Crippen LogP contribution >= 0.6 is 0 Å². The van der Waals surface area contributed by atoms with E-state index in [1.54, 1.807) is 25.1 Å². The first-order chi connectivity index (χ1) is 11.5. The average Bonchev–Trinajstić information content (AvgIpc) is 3.15. The van der Waals surface area contributed by atoms with E-state index in [9.17, 15) is 14.0 Å². The molecule has 1 heterocycles. The summed E-state index contributed by atoms with van der Waals surface area (Å²) < 4.78 is 15.3. The molecule has 0 aliphatic heterocycles. The number of nitrogens with one attached hydrogen (secondary N) is 1. The van der Waals surface area contributed by atoms with Gasteiger partial charge in [0.15, 0.2) is 0 Å². The zero-order valence-corrected chi connectivity index (χ0v) is 13.2. The molecule has 3 rings (SSSR count). The summed E-state index contributed by atoms with van der Waals surface area (Å²) in [6.07, 6.45) is 3.04. The molecule has 6 nitrogen and oxygen atoms in total. The molecule has 1 saturated carbocycles. The summed E-state index contributed by atoms with van der Waals surface area (Å²) in [5.74, 6) is -1.96. The highest BCUT2D eigenvalue weighted by molar-refractivity contribution is 5.95. The lowest BCUT2D eigenvalue weighted by atomic mass is 10.1. The molecule has 1 amide bonds. The van der Waals surface area contributed by atoms with E-state index >= 15 is 0 Å². The zero-order chi connectivity index (χ0) is 17.3. The van der Waals surface area contributed by atoms with Crippen LogP contribution in [-0.2, 0) is 4.79 Å². The minimum atomic E-state index is -0.824. The molecule has 7 heteroatoms. The molecule has 126 valence electrons. The molecule has 0 unspecified atom stereocenters. The second-order valence-electron chi connectivity index (χ2n) is 6.03. The van der Waals surface area contributed by atoms with Gasteiger partial charge in [-0.3, -0.25) is 9.59 Å². The number of rotatable bonds is 4. The molecular formula is C17H18FN3O3. The van der Waals surface area contributed by atoms with E-state index in [0.29, 0.717) is 30.5 Å². The molecule has 1 aromatic carbocycles. The van der Waals surface area contributed by atoms with Crippen molar-refractivity contribution in [1.82, 2.24) is 15.1 Å². The molecule has 0 spiro atoms. The second kappa shape index (κ2) is 6.43. The molecule has 24 heavy (non-hydrogen) atoms. The van der Waals surface area contributed by atoms with Crippen LogP contribution in [0, 0.1) is 18.7 Å². The average molecular weight is 331 g/mol. The molecule has 1 aliphatic rings. The minimum Gasteiger partial charge on any atom is -0.481 e. The smallest absolute Gasteiger partial charge is 0.306 e. The number of aromatic nitrogens is 2. The lowest BCUT2D eigenvalue weighted by Gasteiger charge is -2.12. The van der Waals surface area contributed by atoms with Crippen LogP contribution < -0.4 is 5.32 Å². The first-order valence-corrected chi connectivity index (χ1v) is 7.80. The van der Waals surface area contributed by atoms with E-state index in [0.717, 1.165) is 0 Å². The first-order valence-electron chi connectivity index (χ1n) is 7.80. The first kappa shape index (κ1) is 16.2. The van der Waals surface area contributed by atoms with Gasteiger partial charge < -0.3 is 10.4 Å². The second-order valence-corrected chi connectivity index (χ2v) is 6.03. The Kier molecular flexibility index (Phi) is 4.33. The summed E-state index contributed by atoms with van der Waals surface area (Å²) in [5.41, 5.74) is 1.17. The molecule has 2 atom stereocenters. The number of carboxylic acid groups (broad SMARTS) is 1. The van der Waals surface area contributed by atoms with Crippen LogP contribution in [0.3, 0.4) is 0 Å². The molecular weight excluding hydrogens is 313 g/mol. The van der Waals surface area contributed by atoms with Crippen molar-refractivity contribution in [3.05, 3.63) is 47.5 Å². The van der Waals surface area contributed by atoms with E-state index in [4.69, 9.17) is 5.11 Å². The maximum atomic E-state index is 13.9. The van der Waals surface area contributed by atoms with Crippen molar-refractivity contribution in [2.45, 2.75) is 32.2 Å². The lowest BCUT2D eigenvalue weighted by Crippen LogP contribution is -2.33. The molecule has 2 N–H and O–H groups in total. The number of aliphatic carboxylic acids is 1. The Balaban J connectivity index is 1.75. The van der Waals surface area contributed by atoms with Gasteiger partial charge in [-0.05, 0) is 38.3 Å². The quantitative estimate of drug-likeness (QED) is 0.900. The van der Waals surface area contributed by atoms with Crippen molar-refractivity contribution in [1.29, 1.82) is 0 Å². The van der Waals surface area contributed by atoms with Crippen molar-refractivity contribution in [2.75, 3.05) is 0 Å². The van der Waals surface area contributed by atoms with Crippen molar-refractivity contribution in [3.63, 3.8) is 0 Å². The van der Waals surface area contributed by atoms with Gasteiger partial charge in [-0.1, -0.05) is 12.1 Å². The number of halogens is 1. The van der Waals surface area contributed by atoms with Crippen molar-refractivity contribution in [3.8, 4) is 5.69 Å². The molecule has 0 saturated heterocycles. The van der Waals surface area contributed by atoms with Crippen molar-refractivity contribution < 1.29 is 19.1 Å². The third kappa shape index (κ3) is 3.02. The number of amides is 1. The maximum absolute atomic E-state index is 13.9. The summed E-state index contributed by atoms with van der Waals surface area (Å²) in [4.78, 5) is 23.4. The highest BCUT2D eigenvalue weighted by atomic mass is 19.1. The van der Waals surface area contributed by atoms with Gasteiger partial charge in [-0.25, -0.2) is 9.07 Å². The van der Waals surface area contributed by atoms with Gasteiger partial charge in [0.2, 0.25) is 0 Å². The van der Waals surface area contributed by atoms with Crippen molar-refractivity contribution in [2.24, 2.45) is 5.92 Å². The van der Waals surface area contributed by atoms with Gasteiger partial charge in [-0.15, -0.1) is 0 Å². The summed E-state index contributed by atoms with van der Waals surface area (Å²) >= 11 is 0. The van der Waals surface area contributed by atoms with Gasteiger partial charge in [-0.2, -0.15) is 5.10 Å². The summed E-state index contributed by atoms with van der Waals surface area (Å²) in [7, 11) is 0. The number of benzene rings is 1. The number of carbonyl (C=O) groups is 2. The highest BCUT2D eigenvalue weighted by Crippen LogP contribution is 2.26. The third-order valence-corrected chi connectivity index (χ3v) is 4.45. The fourth-order valence-electron chi connectivity index (χ4n) is 3.10. The fraction of sp³-hybridized carbons (Fsp3) is 0.353. The van der Waals surface area contributed by atoms with Crippen LogP contribution in [-0.4, -0.2) is 32.8 Å².